The van der Waals surface area contributed by atoms with E-state index in [-0.39, 0.29) is 0 Å². The number of rotatable bonds is 17. The maximum Gasteiger partial charge on any atom is 0.386 e. The molecule has 0 radical (unpaired) electrons. The Morgan fingerprint density at radius 1 is 0.652 bits per heavy atom. The van der Waals surface area contributed by atoms with Crippen LogP contribution in [0.25, 0.3) is 0 Å². The van der Waals surface area contributed by atoms with Gasteiger partial charge in [-0.15, -0.1) is 0 Å². The molecule has 140 valence electrons. The van der Waals surface area contributed by atoms with Gasteiger partial charge in [0, 0.05) is 0 Å². The van der Waals surface area contributed by atoms with Gasteiger partial charge in [-0.05, 0) is 25.7 Å². The molecule has 0 spiro atoms. The van der Waals surface area contributed by atoms with Crippen LogP contribution in [0.3, 0.4) is 0 Å². The molecule has 0 saturated carbocycles. The summed E-state index contributed by atoms with van der Waals surface area (Å²) in [6, 6.07) is -0.908. The Balaban J connectivity index is 4.79. The number of hydrogen-bond acceptors (Lipinski definition) is 5. The van der Waals surface area contributed by atoms with Crippen molar-refractivity contribution in [2.24, 2.45) is 0 Å². The molecule has 0 heterocycles. The summed E-state index contributed by atoms with van der Waals surface area (Å²) in [6.07, 6.45) is 7.48. The van der Waals surface area contributed by atoms with E-state index in [2.05, 4.69) is 27.7 Å². The van der Waals surface area contributed by atoms with Crippen LogP contribution in [-0.2, 0) is 23.1 Å². The van der Waals surface area contributed by atoms with Gasteiger partial charge in [-0.3, -0.25) is 4.57 Å². The van der Waals surface area contributed by atoms with E-state index in [1.165, 1.54) is 0 Å². The van der Waals surface area contributed by atoms with Crippen molar-refractivity contribution >= 4 is 7.60 Å². The van der Waals surface area contributed by atoms with E-state index in [0.717, 1.165) is 51.4 Å². The number of ether oxygens (including phenoxy) is 2. The molecule has 0 aliphatic heterocycles. The first-order valence-corrected chi connectivity index (χ1v) is 10.9. The Hall–Kier alpha value is 0.0700. The van der Waals surface area contributed by atoms with Crippen molar-refractivity contribution in [1.82, 2.24) is 0 Å². The van der Waals surface area contributed by atoms with Crippen LogP contribution < -0.4 is 0 Å². The highest BCUT2D eigenvalue weighted by Gasteiger charge is 2.38. The van der Waals surface area contributed by atoms with Crippen LogP contribution in [0.2, 0.25) is 0 Å². The highest BCUT2D eigenvalue weighted by Crippen LogP contribution is 2.54. The first kappa shape index (κ1) is 23.1. The van der Waals surface area contributed by atoms with E-state index in [1.54, 1.807) is 0 Å². The third-order valence-electron chi connectivity index (χ3n) is 3.31. The molecule has 0 N–H and O–H groups in total. The van der Waals surface area contributed by atoms with Crippen molar-refractivity contribution in [3.63, 3.8) is 0 Å². The molecular weight excluding hydrogens is 315 g/mol. The van der Waals surface area contributed by atoms with Gasteiger partial charge in [-0.1, -0.05) is 53.4 Å². The lowest BCUT2D eigenvalue weighted by Crippen LogP contribution is -2.22. The molecule has 6 heteroatoms. The molecule has 0 aromatic rings. The first-order chi connectivity index (χ1) is 11.1. The van der Waals surface area contributed by atoms with Crippen molar-refractivity contribution in [3.8, 4) is 0 Å². The summed E-state index contributed by atoms with van der Waals surface area (Å²) in [5.74, 6) is 0. The standard InChI is InChI=1S/C17H37O5P/c1-5-9-13-19-17(20-14-10-6-2)23(18,21-15-11-7-3)22-16-12-8-4/h17H,5-16H2,1-4H3. The zero-order valence-corrected chi connectivity index (χ0v) is 16.4. The minimum absolute atomic E-state index is 0.407. The van der Waals surface area contributed by atoms with Crippen molar-refractivity contribution < 1.29 is 23.1 Å². The van der Waals surface area contributed by atoms with Gasteiger partial charge in [0.15, 0.2) is 0 Å². The summed E-state index contributed by atoms with van der Waals surface area (Å²) in [4.78, 5) is 0. The number of hydrogen-bond donors (Lipinski definition) is 0. The lowest BCUT2D eigenvalue weighted by Gasteiger charge is -2.27. The predicted molar refractivity (Wildman–Crippen MR) is 94.8 cm³/mol. The third kappa shape index (κ3) is 11.3. The summed E-state index contributed by atoms with van der Waals surface area (Å²) < 4.78 is 35.8. The summed E-state index contributed by atoms with van der Waals surface area (Å²) in [7, 11) is -3.41. The molecule has 0 bridgehead atoms. The van der Waals surface area contributed by atoms with Crippen LogP contribution in [0.5, 0.6) is 0 Å². The third-order valence-corrected chi connectivity index (χ3v) is 5.21. The van der Waals surface area contributed by atoms with E-state index in [0.29, 0.717) is 26.4 Å². The Morgan fingerprint density at radius 3 is 1.35 bits per heavy atom. The maximum atomic E-state index is 13.2. The summed E-state index contributed by atoms with van der Waals surface area (Å²) in [5, 5.41) is 0. The number of unbranched alkanes of at least 4 members (excludes halogenated alkanes) is 4. The monoisotopic (exact) mass is 352 g/mol. The van der Waals surface area contributed by atoms with Gasteiger partial charge < -0.3 is 18.5 Å². The highest BCUT2D eigenvalue weighted by molar-refractivity contribution is 7.54. The van der Waals surface area contributed by atoms with E-state index < -0.39 is 13.6 Å². The second-order valence-corrected chi connectivity index (χ2v) is 7.69. The average Bonchev–Trinajstić information content (AvgIpc) is 2.54. The van der Waals surface area contributed by atoms with Crippen LogP contribution in [0.1, 0.15) is 79.1 Å². The van der Waals surface area contributed by atoms with Gasteiger partial charge in [0.1, 0.15) is 0 Å². The van der Waals surface area contributed by atoms with Gasteiger partial charge in [0.05, 0.1) is 26.4 Å². The first-order valence-electron chi connectivity index (χ1n) is 9.26. The molecular formula is C17H37O5P. The Labute approximate surface area is 142 Å². The largest absolute Gasteiger partial charge is 0.386 e. The zero-order valence-electron chi connectivity index (χ0n) is 15.6. The molecule has 5 nitrogen and oxygen atoms in total. The second kappa shape index (κ2) is 15.6. The molecule has 0 aliphatic carbocycles. The second-order valence-electron chi connectivity index (χ2n) is 5.67. The molecule has 0 saturated heterocycles. The van der Waals surface area contributed by atoms with Gasteiger partial charge in [0.2, 0.25) is 0 Å². The summed E-state index contributed by atoms with van der Waals surface area (Å²) >= 11 is 0. The van der Waals surface area contributed by atoms with Gasteiger partial charge >= 0.3 is 7.60 Å². The predicted octanol–water partition coefficient (Wildman–Crippen LogP) is 5.73. The smallest absolute Gasteiger partial charge is 0.343 e. The molecule has 23 heavy (non-hydrogen) atoms. The van der Waals surface area contributed by atoms with Crippen LogP contribution in [0.15, 0.2) is 0 Å². The van der Waals surface area contributed by atoms with Crippen LogP contribution >= 0.6 is 7.60 Å². The van der Waals surface area contributed by atoms with E-state index in [4.69, 9.17) is 18.5 Å². The lowest BCUT2D eigenvalue weighted by molar-refractivity contribution is -0.107. The summed E-state index contributed by atoms with van der Waals surface area (Å²) in [6.45, 7) is 10.1. The molecule has 0 amide bonds. The Kier molecular flexibility index (Phi) is 15.6. The highest BCUT2D eigenvalue weighted by atomic mass is 31.2. The minimum atomic E-state index is -3.41. The minimum Gasteiger partial charge on any atom is -0.343 e. The van der Waals surface area contributed by atoms with Crippen molar-refractivity contribution in [2.45, 2.75) is 85.1 Å². The Bertz CT molecular complexity index is 275. The van der Waals surface area contributed by atoms with E-state index >= 15 is 0 Å². The molecule has 0 aromatic carbocycles. The van der Waals surface area contributed by atoms with E-state index in [1.807, 2.05) is 0 Å². The molecule has 0 atom stereocenters. The van der Waals surface area contributed by atoms with Gasteiger partial charge in [0.25, 0.3) is 6.03 Å². The van der Waals surface area contributed by atoms with E-state index in [9.17, 15) is 4.57 Å². The van der Waals surface area contributed by atoms with Crippen molar-refractivity contribution in [1.29, 1.82) is 0 Å². The quantitative estimate of drug-likeness (QED) is 0.190. The molecule has 0 fully saturated rings. The normalized spacial score (nSPS) is 12.2. The fourth-order valence-electron chi connectivity index (χ4n) is 1.72. The Morgan fingerprint density at radius 2 is 1.00 bits per heavy atom. The van der Waals surface area contributed by atoms with Crippen LogP contribution in [0.4, 0.5) is 0 Å². The van der Waals surface area contributed by atoms with Crippen molar-refractivity contribution in [2.75, 3.05) is 26.4 Å². The molecule has 0 unspecified atom stereocenters. The fraction of sp³-hybridized carbons (Fsp3) is 1.00. The van der Waals surface area contributed by atoms with Gasteiger partial charge in [-0.2, -0.15) is 0 Å². The van der Waals surface area contributed by atoms with Crippen LogP contribution in [-0.4, -0.2) is 32.5 Å². The molecule has 0 aliphatic rings. The lowest BCUT2D eigenvalue weighted by atomic mass is 10.4. The van der Waals surface area contributed by atoms with Crippen LogP contribution in [0, 0.1) is 0 Å². The zero-order chi connectivity index (χ0) is 17.4. The molecule has 0 rings (SSSR count). The SMILES string of the molecule is CCCCOC(OCCCC)P(=O)(OCCCC)OCCCC. The van der Waals surface area contributed by atoms with Crippen molar-refractivity contribution in [3.05, 3.63) is 0 Å². The topological polar surface area (TPSA) is 54.0 Å². The average molecular weight is 352 g/mol. The van der Waals surface area contributed by atoms with Gasteiger partial charge in [-0.25, -0.2) is 0 Å². The maximum absolute atomic E-state index is 13.2. The molecule has 0 aromatic heterocycles. The fourth-order valence-corrected chi connectivity index (χ4v) is 3.38. The summed E-state index contributed by atoms with van der Waals surface area (Å²) in [5.41, 5.74) is 0.